The number of rotatable bonds is 11. The molecule has 0 amide bonds. The number of hydrogen-bond donors (Lipinski definition) is 1. The van der Waals surface area contributed by atoms with Gasteiger partial charge in [0.25, 0.3) is 0 Å². The number of nitrogens with one attached hydrogen (secondary N) is 1. The quantitative estimate of drug-likeness (QED) is 0.417. The molecule has 0 aliphatic carbocycles. The summed E-state index contributed by atoms with van der Waals surface area (Å²) in [4.78, 5) is 24.5. The summed E-state index contributed by atoms with van der Waals surface area (Å²) in [7, 11) is 4.44. The maximum absolute atomic E-state index is 13.0. The van der Waals surface area contributed by atoms with Gasteiger partial charge in [-0.25, -0.2) is 9.59 Å². The summed E-state index contributed by atoms with van der Waals surface area (Å²) in [5, 5.41) is 3.40. The molecule has 2 aromatic carbocycles. The molecule has 34 heavy (non-hydrogen) atoms. The first-order valence-corrected chi connectivity index (χ1v) is 10.7. The van der Waals surface area contributed by atoms with E-state index in [1.165, 1.54) is 33.5 Å². The van der Waals surface area contributed by atoms with Crippen LogP contribution in [0.1, 0.15) is 40.8 Å². The fourth-order valence-electron chi connectivity index (χ4n) is 3.68. The van der Waals surface area contributed by atoms with E-state index in [2.05, 4.69) is 5.32 Å². The lowest BCUT2D eigenvalue weighted by Gasteiger charge is -2.34. The van der Waals surface area contributed by atoms with Crippen molar-refractivity contribution in [2.24, 2.45) is 0 Å². The van der Waals surface area contributed by atoms with E-state index in [9.17, 15) is 9.59 Å². The molecule has 182 valence electrons. The van der Waals surface area contributed by atoms with Crippen LogP contribution in [0.2, 0.25) is 0 Å². The van der Waals surface area contributed by atoms with Crippen LogP contribution in [0.3, 0.4) is 0 Å². The average molecular weight is 472 g/mol. The molecule has 0 bridgehead atoms. The van der Waals surface area contributed by atoms with Crippen LogP contribution in [0.5, 0.6) is 17.2 Å². The van der Waals surface area contributed by atoms with Gasteiger partial charge in [-0.05, 0) is 31.0 Å². The number of methoxy groups -OCH3 is 3. The number of benzene rings is 2. The number of carbonyl (C=O) groups excluding carboxylic acids is 1. The van der Waals surface area contributed by atoms with Gasteiger partial charge in [0.15, 0.2) is 17.3 Å². The zero-order chi connectivity index (χ0) is 24.7. The molecule has 9 nitrogen and oxygen atoms in total. The van der Waals surface area contributed by atoms with Crippen molar-refractivity contribution in [1.29, 1.82) is 0 Å². The molecule has 9 heteroatoms. The highest BCUT2D eigenvalue weighted by molar-refractivity contribution is 5.91. The Kier molecular flexibility index (Phi) is 8.01. The molecule has 0 aliphatic rings. The summed E-state index contributed by atoms with van der Waals surface area (Å²) < 4.78 is 31.8. The van der Waals surface area contributed by atoms with Gasteiger partial charge in [-0.1, -0.05) is 37.3 Å². The van der Waals surface area contributed by atoms with Crippen molar-refractivity contribution < 1.29 is 32.6 Å². The fraction of sp³-hybridized carbons (Fsp3) is 0.360. The lowest BCUT2D eigenvalue weighted by atomic mass is 9.87. The van der Waals surface area contributed by atoms with Crippen LogP contribution in [0.25, 0.3) is 0 Å². The first kappa shape index (κ1) is 24.9. The largest absolute Gasteiger partial charge is 0.519 e. The van der Waals surface area contributed by atoms with Crippen LogP contribution in [0, 0.1) is 6.92 Å². The van der Waals surface area contributed by atoms with Gasteiger partial charge in [-0.15, -0.1) is 0 Å². The van der Waals surface area contributed by atoms with Gasteiger partial charge in [0.05, 0.1) is 39.0 Å². The third-order valence-corrected chi connectivity index (χ3v) is 5.70. The first-order valence-electron chi connectivity index (χ1n) is 10.7. The van der Waals surface area contributed by atoms with Crippen molar-refractivity contribution in [2.45, 2.75) is 32.4 Å². The lowest BCUT2D eigenvalue weighted by Crippen LogP contribution is -2.46. The Bertz CT molecular complexity index is 1140. The van der Waals surface area contributed by atoms with E-state index in [4.69, 9.17) is 27.8 Å². The molecule has 0 aliphatic heterocycles. The zero-order valence-corrected chi connectivity index (χ0v) is 19.9. The number of ether oxygens (including phenoxy) is 4. The molecule has 0 saturated carbocycles. The molecule has 1 aromatic heterocycles. The van der Waals surface area contributed by atoms with Gasteiger partial charge >= 0.3 is 11.8 Å². The normalized spacial score (nSPS) is 12.6. The summed E-state index contributed by atoms with van der Waals surface area (Å²) in [6.45, 7) is 3.86. The number of hydrogen-bond acceptors (Lipinski definition) is 9. The van der Waals surface area contributed by atoms with Gasteiger partial charge < -0.3 is 27.8 Å². The Morgan fingerprint density at radius 2 is 1.65 bits per heavy atom. The Balaban J connectivity index is 1.87. The van der Waals surface area contributed by atoms with Crippen LogP contribution in [-0.4, -0.2) is 33.9 Å². The molecule has 1 unspecified atom stereocenters. The van der Waals surface area contributed by atoms with Gasteiger partial charge in [0.2, 0.25) is 5.75 Å². The minimum atomic E-state index is -0.759. The standard InChI is InChI=1S/C25H29NO8/c1-6-25(18-10-8-7-9-11-18,26-14-21-16(2)33-24(28)34-21)15-32-23(27)17-12-19(29-3)22(31-5)20(13-17)30-4/h7-13,26H,6,14-15H2,1-5H3. The molecule has 3 rings (SSSR count). The zero-order valence-electron chi connectivity index (χ0n) is 19.9. The highest BCUT2D eigenvalue weighted by Crippen LogP contribution is 2.38. The van der Waals surface area contributed by atoms with Crippen LogP contribution in [0.15, 0.2) is 56.1 Å². The molecular formula is C25H29NO8. The summed E-state index contributed by atoms with van der Waals surface area (Å²) in [5.41, 5.74) is 0.419. The number of aryl methyl sites for hydroxylation is 1. The molecule has 0 radical (unpaired) electrons. The van der Waals surface area contributed by atoms with Crippen molar-refractivity contribution in [2.75, 3.05) is 27.9 Å². The van der Waals surface area contributed by atoms with Crippen molar-refractivity contribution in [3.8, 4) is 17.2 Å². The van der Waals surface area contributed by atoms with Crippen molar-refractivity contribution in [3.05, 3.63) is 75.7 Å². The maximum atomic E-state index is 13.0. The Hall–Kier alpha value is -3.72. The van der Waals surface area contributed by atoms with Crippen molar-refractivity contribution >= 4 is 5.97 Å². The summed E-state index contributed by atoms with van der Waals surface area (Å²) in [5.74, 6) is 0.544. The van der Waals surface area contributed by atoms with Crippen LogP contribution in [-0.2, 0) is 16.8 Å². The van der Waals surface area contributed by atoms with Gasteiger partial charge in [-0.2, -0.15) is 0 Å². The predicted octanol–water partition coefficient (Wildman–Crippen LogP) is 3.82. The minimum Gasteiger partial charge on any atom is -0.493 e. The van der Waals surface area contributed by atoms with E-state index in [-0.39, 0.29) is 18.7 Å². The Morgan fingerprint density at radius 1 is 1.00 bits per heavy atom. The summed E-state index contributed by atoms with van der Waals surface area (Å²) in [6.07, 6.45) is 0.584. The lowest BCUT2D eigenvalue weighted by molar-refractivity contribution is 0.0344. The van der Waals surface area contributed by atoms with E-state index in [1.54, 1.807) is 6.92 Å². The highest BCUT2D eigenvalue weighted by atomic mass is 16.6. The number of esters is 1. The molecular weight excluding hydrogens is 442 g/mol. The molecule has 0 fully saturated rings. The second-order valence-electron chi connectivity index (χ2n) is 7.58. The summed E-state index contributed by atoms with van der Waals surface area (Å²) >= 11 is 0. The molecule has 1 N–H and O–H groups in total. The second kappa shape index (κ2) is 10.9. The first-order chi connectivity index (χ1) is 16.4. The van der Waals surface area contributed by atoms with Gasteiger partial charge in [0, 0.05) is 0 Å². The third-order valence-electron chi connectivity index (χ3n) is 5.70. The minimum absolute atomic E-state index is 0.0180. The van der Waals surface area contributed by atoms with Crippen LogP contribution < -0.4 is 25.3 Å². The highest BCUT2D eigenvalue weighted by Gasteiger charge is 2.33. The fourth-order valence-corrected chi connectivity index (χ4v) is 3.68. The van der Waals surface area contributed by atoms with E-state index < -0.39 is 17.3 Å². The van der Waals surface area contributed by atoms with Crippen LogP contribution >= 0.6 is 0 Å². The van der Waals surface area contributed by atoms with E-state index in [0.29, 0.717) is 35.2 Å². The molecule has 1 atom stereocenters. The third kappa shape index (κ3) is 5.26. The molecule has 1 heterocycles. The van der Waals surface area contributed by atoms with Gasteiger partial charge in [-0.3, -0.25) is 5.32 Å². The van der Waals surface area contributed by atoms with E-state index >= 15 is 0 Å². The molecule has 0 saturated heterocycles. The van der Waals surface area contributed by atoms with E-state index in [0.717, 1.165) is 5.56 Å². The second-order valence-corrected chi connectivity index (χ2v) is 7.58. The smallest absolute Gasteiger partial charge is 0.493 e. The Labute approximate surface area is 197 Å². The van der Waals surface area contributed by atoms with E-state index in [1.807, 2.05) is 37.3 Å². The number of carbonyl (C=O) groups is 1. The predicted molar refractivity (Wildman–Crippen MR) is 124 cm³/mol. The molecule has 0 spiro atoms. The Morgan fingerprint density at radius 3 is 2.15 bits per heavy atom. The van der Waals surface area contributed by atoms with Gasteiger partial charge in [0.1, 0.15) is 12.4 Å². The summed E-state index contributed by atoms with van der Waals surface area (Å²) in [6, 6.07) is 12.7. The molecule has 3 aromatic rings. The van der Waals surface area contributed by atoms with Crippen LogP contribution in [0.4, 0.5) is 0 Å². The maximum Gasteiger partial charge on any atom is 0.519 e. The topological polar surface area (TPSA) is 109 Å². The van der Waals surface area contributed by atoms with Crippen molar-refractivity contribution in [1.82, 2.24) is 5.32 Å². The SMILES string of the molecule is CCC(COC(=O)c1cc(OC)c(OC)c(OC)c1)(NCc1oc(=O)oc1C)c1ccccc1. The monoisotopic (exact) mass is 471 g/mol. The van der Waals surface area contributed by atoms with Crippen molar-refractivity contribution in [3.63, 3.8) is 0 Å². The average Bonchev–Trinajstić information content (AvgIpc) is 3.20.